The predicted octanol–water partition coefficient (Wildman–Crippen LogP) is 0.399. The highest BCUT2D eigenvalue weighted by molar-refractivity contribution is 5.97. The molecule has 1 aromatic carbocycles. The van der Waals surface area contributed by atoms with Crippen molar-refractivity contribution in [3.05, 3.63) is 69.6 Å². The SMILES string of the molecule is N/C(=N/O)c1ccc(CNC(=O)c2cc[nH]c(=O)c2)cc1. The summed E-state index contributed by atoms with van der Waals surface area (Å²) in [5.74, 6) is -0.310. The first-order valence-electron chi connectivity index (χ1n) is 6.14. The van der Waals surface area contributed by atoms with Crippen molar-refractivity contribution in [2.75, 3.05) is 0 Å². The van der Waals surface area contributed by atoms with Gasteiger partial charge in [0.05, 0.1) is 0 Å². The number of aromatic amines is 1. The Morgan fingerprint density at radius 1 is 1.24 bits per heavy atom. The Morgan fingerprint density at radius 3 is 2.57 bits per heavy atom. The number of aromatic nitrogens is 1. The third-order valence-electron chi connectivity index (χ3n) is 2.85. The van der Waals surface area contributed by atoms with Gasteiger partial charge < -0.3 is 21.2 Å². The van der Waals surface area contributed by atoms with Crippen molar-refractivity contribution in [2.24, 2.45) is 10.9 Å². The topological polar surface area (TPSA) is 121 Å². The fourth-order valence-corrected chi connectivity index (χ4v) is 1.72. The van der Waals surface area contributed by atoms with Gasteiger partial charge in [0.25, 0.3) is 5.91 Å². The molecular formula is C14H14N4O3. The van der Waals surface area contributed by atoms with Gasteiger partial charge in [0.15, 0.2) is 5.84 Å². The van der Waals surface area contributed by atoms with Crippen LogP contribution in [0.2, 0.25) is 0 Å². The molecule has 0 saturated carbocycles. The molecule has 0 aliphatic rings. The number of amidine groups is 1. The van der Waals surface area contributed by atoms with Crippen LogP contribution >= 0.6 is 0 Å². The van der Waals surface area contributed by atoms with Crippen LogP contribution in [0.3, 0.4) is 0 Å². The van der Waals surface area contributed by atoms with E-state index in [0.717, 1.165) is 5.56 Å². The number of H-pyrrole nitrogens is 1. The van der Waals surface area contributed by atoms with Gasteiger partial charge in [-0.05, 0) is 11.6 Å². The van der Waals surface area contributed by atoms with E-state index in [1.807, 2.05) is 0 Å². The molecule has 0 aliphatic carbocycles. The fourth-order valence-electron chi connectivity index (χ4n) is 1.72. The van der Waals surface area contributed by atoms with Gasteiger partial charge in [0.1, 0.15) is 0 Å². The summed E-state index contributed by atoms with van der Waals surface area (Å²) in [5, 5.41) is 14.2. The molecule has 7 heteroatoms. The summed E-state index contributed by atoms with van der Waals surface area (Å²) in [6.45, 7) is 0.308. The molecule has 0 fully saturated rings. The van der Waals surface area contributed by atoms with Gasteiger partial charge in [0, 0.05) is 29.9 Å². The highest BCUT2D eigenvalue weighted by atomic mass is 16.4. The molecule has 0 radical (unpaired) electrons. The maximum absolute atomic E-state index is 11.9. The zero-order chi connectivity index (χ0) is 15.2. The molecule has 2 aromatic rings. The van der Waals surface area contributed by atoms with E-state index in [0.29, 0.717) is 17.7 Å². The molecule has 21 heavy (non-hydrogen) atoms. The number of carbonyl (C=O) groups is 1. The van der Waals surface area contributed by atoms with Crippen LogP contribution in [0, 0.1) is 0 Å². The van der Waals surface area contributed by atoms with E-state index in [1.54, 1.807) is 24.3 Å². The van der Waals surface area contributed by atoms with Gasteiger partial charge in [-0.15, -0.1) is 0 Å². The van der Waals surface area contributed by atoms with E-state index in [1.165, 1.54) is 18.3 Å². The number of hydrogen-bond acceptors (Lipinski definition) is 4. The minimum absolute atomic E-state index is 0.0223. The minimum atomic E-state index is -0.332. The maximum Gasteiger partial charge on any atom is 0.251 e. The molecule has 0 bridgehead atoms. The molecule has 0 saturated heterocycles. The summed E-state index contributed by atoms with van der Waals surface area (Å²) < 4.78 is 0. The Bertz CT molecular complexity index is 719. The first-order valence-corrected chi connectivity index (χ1v) is 6.14. The Morgan fingerprint density at radius 2 is 1.95 bits per heavy atom. The molecule has 108 valence electrons. The van der Waals surface area contributed by atoms with Crippen molar-refractivity contribution in [1.29, 1.82) is 0 Å². The fraction of sp³-hybridized carbons (Fsp3) is 0.0714. The van der Waals surface area contributed by atoms with Crippen LogP contribution in [-0.2, 0) is 6.54 Å². The number of nitrogens with two attached hydrogens (primary N) is 1. The number of nitrogens with zero attached hydrogens (tertiary/aromatic N) is 1. The number of benzene rings is 1. The maximum atomic E-state index is 11.9. The lowest BCUT2D eigenvalue weighted by Gasteiger charge is -2.06. The Labute approximate surface area is 120 Å². The molecule has 2 rings (SSSR count). The van der Waals surface area contributed by atoms with E-state index in [4.69, 9.17) is 10.9 Å². The van der Waals surface area contributed by atoms with E-state index in [-0.39, 0.29) is 17.3 Å². The van der Waals surface area contributed by atoms with Crippen LogP contribution in [-0.4, -0.2) is 21.9 Å². The van der Waals surface area contributed by atoms with Crippen LogP contribution in [0.5, 0.6) is 0 Å². The highest BCUT2D eigenvalue weighted by Crippen LogP contribution is 2.04. The van der Waals surface area contributed by atoms with Crippen LogP contribution in [0.25, 0.3) is 0 Å². The van der Waals surface area contributed by atoms with Gasteiger partial charge in [0.2, 0.25) is 5.56 Å². The van der Waals surface area contributed by atoms with Crippen LogP contribution in [0.1, 0.15) is 21.5 Å². The Hall–Kier alpha value is -3.09. The van der Waals surface area contributed by atoms with Crippen LogP contribution in [0.15, 0.2) is 52.5 Å². The molecule has 1 aromatic heterocycles. The monoisotopic (exact) mass is 286 g/mol. The van der Waals surface area contributed by atoms with Crippen LogP contribution in [0.4, 0.5) is 0 Å². The minimum Gasteiger partial charge on any atom is -0.409 e. The summed E-state index contributed by atoms with van der Waals surface area (Å²) in [6, 6.07) is 9.64. The predicted molar refractivity (Wildman–Crippen MR) is 77.2 cm³/mol. The van der Waals surface area contributed by atoms with E-state index in [9.17, 15) is 9.59 Å². The largest absolute Gasteiger partial charge is 0.409 e. The lowest BCUT2D eigenvalue weighted by Crippen LogP contribution is -2.24. The second-order valence-corrected chi connectivity index (χ2v) is 4.31. The lowest BCUT2D eigenvalue weighted by molar-refractivity contribution is 0.0950. The second kappa shape index (κ2) is 6.38. The van der Waals surface area contributed by atoms with Gasteiger partial charge in [-0.3, -0.25) is 9.59 Å². The third-order valence-corrected chi connectivity index (χ3v) is 2.85. The lowest BCUT2D eigenvalue weighted by atomic mass is 10.1. The number of hydrogen-bond donors (Lipinski definition) is 4. The first-order chi connectivity index (χ1) is 10.1. The van der Waals surface area contributed by atoms with Crippen molar-refractivity contribution in [2.45, 2.75) is 6.54 Å². The molecule has 0 unspecified atom stereocenters. The third kappa shape index (κ3) is 3.69. The molecule has 1 amide bonds. The van der Waals surface area contributed by atoms with Gasteiger partial charge in [-0.1, -0.05) is 29.4 Å². The normalized spacial score (nSPS) is 11.1. The molecular weight excluding hydrogens is 272 g/mol. The van der Waals surface area contributed by atoms with Crippen molar-refractivity contribution in [3.8, 4) is 0 Å². The quantitative estimate of drug-likeness (QED) is 0.281. The molecule has 0 atom stereocenters. The molecule has 0 spiro atoms. The number of nitrogens with one attached hydrogen (secondary N) is 2. The standard InChI is InChI=1S/C14H14N4O3/c15-13(18-21)10-3-1-9(2-4-10)8-17-14(20)11-5-6-16-12(19)7-11/h1-7,21H,8H2,(H2,15,18)(H,16,19)(H,17,20). The summed E-state index contributed by atoms with van der Waals surface area (Å²) in [4.78, 5) is 25.4. The summed E-state index contributed by atoms with van der Waals surface area (Å²) in [7, 11) is 0. The number of carbonyl (C=O) groups excluding carboxylic acids is 1. The van der Waals surface area contributed by atoms with Crippen molar-refractivity contribution in [1.82, 2.24) is 10.3 Å². The van der Waals surface area contributed by atoms with Crippen LogP contribution < -0.4 is 16.6 Å². The number of oxime groups is 1. The van der Waals surface area contributed by atoms with E-state index >= 15 is 0 Å². The smallest absolute Gasteiger partial charge is 0.251 e. The zero-order valence-corrected chi connectivity index (χ0v) is 11.0. The van der Waals surface area contributed by atoms with Gasteiger partial charge in [-0.2, -0.15) is 0 Å². The molecule has 1 heterocycles. The number of pyridine rings is 1. The van der Waals surface area contributed by atoms with Gasteiger partial charge in [-0.25, -0.2) is 0 Å². The summed E-state index contributed by atoms with van der Waals surface area (Å²) in [5.41, 5.74) is 6.86. The zero-order valence-electron chi connectivity index (χ0n) is 11.0. The summed E-state index contributed by atoms with van der Waals surface area (Å²) in [6.07, 6.45) is 1.42. The Kier molecular flexibility index (Phi) is 4.35. The van der Waals surface area contributed by atoms with E-state index < -0.39 is 0 Å². The Balaban J connectivity index is 2.00. The highest BCUT2D eigenvalue weighted by Gasteiger charge is 2.06. The summed E-state index contributed by atoms with van der Waals surface area (Å²) >= 11 is 0. The van der Waals surface area contributed by atoms with Crippen molar-refractivity contribution in [3.63, 3.8) is 0 Å². The number of rotatable bonds is 4. The van der Waals surface area contributed by atoms with Crippen molar-refractivity contribution >= 4 is 11.7 Å². The molecule has 0 aliphatic heterocycles. The van der Waals surface area contributed by atoms with Crippen molar-refractivity contribution < 1.29 is 10.0 Å². The number of amides is 1. The average Bonchev–Trinajstić information content (AvgIpc) is 2.52. The first kappa shape index (κ1) is 14.3. The average molecular weight is 286 g/mol. The molecule has 5 N–H and O–H groups in total. The molecule has 7 nitrogen and oxygen atoms in total. The second-order valence-electron chi connectivity index (χ2n) is 4.31. The van der Waals surface area contributed by atoms with Gasteiger partial charge >= 0.3 is 0 Å². The van der Waals surface area contributed by atoms with E-state index in [2.05, 4.69) is 15.5 Å².